The van der Waals surface area contributed by atoms with Gasteiger partial charge >= 0.3 is 0 Å². The average Bonchev–Trinajstić information content (AvgIpc) is 2.44. The van der Waals surface area contributed by atoms with E-state index in [0.29, 0.717) is 11.8 Å². The van der Waals surface area contributed by atoms with Crippen LogP contribution >= 0.6 is 0 Å². The molecular formula is C18H28FN. The first-order chi connectivity index (χ1) is 9.65. The molecule has 1 aromatic rings. The summed E-state index contributed by atoms with van der Waals surface area (Å²) in [4.78, 5) is 0. The van der Waals surface area contributed by atoms with Gasteiger partial charge in [0.15, 0.2) is 0 Å². The molecule has 0 saturated heterocycles. The van der Waals surface area contributed by atoms with Gasteiger partial charge in [-0.05, 0) is 68.3 Å². The normalized spacial score (nSPS) is 26.7. The molecule has 1 aliphatic carbocycles. The fourth-order valence-electron chi connectivity index (χ4n) is 3.75. The Labute approximate surface area is 123 Å². The van der Waals surface area contributed by atoms with E-state index in [1.165, 1.54) is 37.7 Å². The van der Waals surface area contributed by atoms with Crippen LogP contribution in [0.5, 0.6) is 0 Å². The van der Waals surface area contributed by atoms with Gasteiger partial charge in [0.25, 0.3) is 0 Å². The molecule has 0 spiro atoms. The highest BCUT2D eigenvalue weighted by atomic mass is 19.1. The van der Waals surface area contributed by atoms with Crippen molar-refractivity contribution in [1.82, 2.24) is 5.32 Å². The summed E-state index contributed by atoms with van der Waals surface area (Å²) < 4.78 is 13.9. The van der Waals surface area contributed by atoms with Gasteiger partial charge in [-0.3, -0.25) is 0 Å². The number of nitrogens with one attached hydrogen (secondary N) is 1. The highest BCUT2D eigenvalue weighted by molar-refractivity contribution is 5.27. The molecule has 3 unspecified atom stereocenters. The maximum absolute atomic E-state index is 13.9. The fourth-order valence-corrected chi connectivity index (χ4v) is 3.75. The van der Waals surface area contributed by atoms with Crippen molar-refractivity contribution in [3.63, 3.8) is 0 Å². The second-order valence-corrected chi connectivity index (χ2v) is 6.40. The second-order valence-electron chi connectivity index (χ2n) is 6.40. The zero-order valence-corrected chi connectivity index (χ0v) is 13.1. The zero-order chi connectivity index (χ0) is 14.5. The predicted octanol–water partition coefficient (Wildman–Crippen LogP) is 4.65. The molecule has 0 radical (unpaired) electrons. The molecule has 1 aliphatic rings. The van der Waals surface area contributed by atoms with Gasteiger partial charge in [0.05, 0.1) is 0 Å². The molecule has 1 aromatic carbocycles. The molecule has 1 N–H and O–H groups in total. The molecule has 1 nitrogen and oxygen atoms in total. The molecule has 3 atom stereocenters. The summed E-state index contributed by atoms with van der Waals surface area (Å²) in [6.45, 7) is 5.14. The van der Waals surface area contributed by atoms with Crippen molar-refractivity contribution >= 4 is 0 Å². The molecule has 0 aliphatic heterocycles. The quantitative estimate of drug-likeness (QED) is 0.826. The molecule has 0 bridgehead atoms. The van der Waals surface area contributed by atoms with Gasteiger partial charge in [-0.15, -0.1) is 0 Å². The number of hydrogen-bond donors (Lipinski definition) is 1. The van der Waals surface area contributed by atoms with Crippen molar-refractivity contribution in [2.75, 3.05) is 13.6 Å². The maximum atomic E-state index is 13.9. The average molecular weight is 277 g/mol. The van der Waals surface area contributed by atoms with Crippen molar-refractivity contribution in [3.05, 3.63) is 35.1 Å². The van der Waals surface area contributed by atoms with Crippen LogP contribution in [0.25, 0.3) is 0 Å². The minimum Gasteiger partial charge on any atom is -0.319 e. The van der Waals surface area contributed by atoms with Crippen LogP contribution in [-0.4, -0.2) is 13.6 Å². The summed E-state index contributed by atoms with van der Waals surface area (Å²) in [5.74, 6) is 1.93. The van der Waals surface area contributed by atoms with Gasteiger partial charge in [0.2, 0.25) is 0 Å². The Hall–Kier alpha value is -0.890. The minimum absolute atomic E-state index is 0.0525. The lowest BCUT2D eigenvalue weighted by molar-refractivity contribution is 0.222. The number of aryl methyl sites for hydroxylation is 1. The van der Waals surface area contributed by atoms with Crippen LogP contribution in [0, 0.1) is 24.6 Å². The van der Waals surface area contributed by atoms with E-state index in [1.54, 1.807) is 6.07 Å². The molecule has 112 valence electrons. The van der Waals surface area contributed by atoms with E-state index in [0.717, 1.165) is 18.0 Å². The van der Waals surface area contributed by atoms with Crippen molar-refractivity contribution in [2.24, 2.45) is 11.8 Å². The van der Waals surface area contributed by atoms with E-state index in [2.05, 4.69) is 18.3 Å². The summed E-state index contributed by atoms with van der Waals surface area (Å²) >= 11 is 0. The van der Waals surface area contributed by atoms with E-state index in [4.69, 9.17) is 0 Å². The Morgan fingerprint density at radius 1 is 1.30 bits per heavy atom. The van der Waals surface area contributed by atoms with Gasteiger partial charge in [0.1, 0.15) is 5.82 Å². The van der Waals surface area contributed by atoms with Crippen molar-refractivity contribution in [2.45, 2.75) is 51.9 Å². The molecule has 1 fully saturated rings. The molecule has 1 saturated carbocycles. The van der Waals surface area contributed by atoms with E-state index in [9.17, 15) is 4.39 Å². The first-order valence-electron chi connectivity index (χ1n) is 8.06. The van der Waals surface area contributed by atoms with Gasteiger partial charge in [0, 0.05) is 0 Å². The first-order valence-corrected chi connectivity index (χ1v) is 8.06. The molecule has 20 heavy (non-hydrogen) atoms. The Balaban J connectivity index is 2.19. The van der Waals surface area contributed by atoms with E-state index < -0.39 is 0 Å². The highest BCUT2D eigenvalue weighted by Crippen LogP contribution is 2.42. The SMILES string of the molecule is CCCC1CCC(CNC)C(c2ccc(C)c(F)c2)C1. The largest absolute Gasteiger partial charge is 0.319 e. The van der Waals surface area contributed by atoms with Crippen LogP contribution in [-0.2, 0) is 0 Å². The van der Waals surface area contributed by atoms with E-state index >= 15 is 0 Å². The summed E-state index contributed by atoms with van der Waals surface area (Å²) in [5.41, 5.74) is 1.95. The lowest BCUT2D eigenvalue weighted by Gasteiger charge is -2.36. The Kier molecular flexibility index (Phi) is 5.59. The molecule has 0 amide bonds. The Morgan fingerprint density at radius 3 is 2.75 bits per heavy atom. The monoisotopic (exact) mass is 277 g/mol. The summed E-state index contributed by atoms with van der Waals surface area (Å²) in [7, 11) is 2.02. The Bertz CT molecular complexity index is 429. The molecule has 2 rings (SSSR count). The third kappa shape index (κ3) is 3.60. The standard InChI is InChI=1S/C18H28FN/c1-4-5-14-7-9-16(12-20-3)17(10-14)15-8-6-13(2)18(19)11-15/h6,8,11,14,16-17,20H,4-5,7,9-10,12H2,1-3H3. The van der Waals surface area contributed by atoms with Gasteiger partial charge < -0.3 is 5.32 Å². The zero-order valence-electron chi connectivity index (χ0n) is 13.1. The van der Waals surface area contributed by atoms with Crippen LogP contribution in [0.1, 0.15) is 56.1 Å². The van der Waals surface area contributed by atoms with Crippen molar-refractivity contribution in [3.8, 4) is 0 Å². The van der Waals surface area contributed by atoms with Crippen molar-refractivity contribution < 1.29 is 4.39 Å². The van der Waals surface area contributed by atoms with Crippen molar-refractivity contribution in [1.29, 1.82) is 0 Å². The van der Waals surface area contributed by atoms with Gasteiger partial charge in [-0.25, -0.2) is 4.39 Å². The number of hydrogen-bond acceptors (Lipinski definition) is 1. The second kappa shape index (κ2) is 7.21. The number of rotatable bonds is 5. The summed E-state index contributed by atoms with van der Waals surface area (Å²) in [6, 6.07) is 5.85. The highest BCUT2D eigenvalue weighted by Gasteiger charge is 2.31. The van der Waals surface area contributed by atoms with Crippen LogP contribution in [0.15, 0.2) is 18.2 Å². The molecule has 2 heteroatoms. The lowest BCUT2D eigenvalue weighted by Crippen LogP contribution is -2.30. The maximum Gasteiger partial charge on any atom is 0.126 e. The first kappa shape index (κ1) is 15.5. The third-order valence-electron chi connectivity index (χ3n) is 4.89. The number of halogens is 1. The third-order valence-corrected chi connectivity index (χ3v) is 4.89. The molecule has 0 heterocycles. The van der Waals surface area contributed by atoms with Crippen LogP contribution < -0.4 is 5.32 Å². The minimum atomic E-state index is -0.0525. The Morgan fingerprint density at radius 2 is 2.10 bits per heavy atom. The van der Waals surface area contributed by atoms with Gasteiger partial charge in [-0.1, -0.05) is 38.3 Å². The molecular weight excluding hydrogens is 249 g/mol. The van der Waals surface area contributed by atoms with E-state index in [1.807, 2.05) is 20.0 Å². The predicted molar refractivity (Wildman–Crippen MR) is 83.5 cm³/mol. The topological polar surface area (TPSA) is 12.0 Å². The summed E-state index contributed by atoms with van der Waals surface area (Å²) in [6.07, 6.45) is 6.41. The van der Waals surface area contributed by atoms with E-state index in [-0.39, 0.29) is 5.82 Å². The van der Waals surface area contributed by atoms with Crippen LogP contribution in [0.4, 0.5) is 4.39 Å². The van der Waals surface area contributed by atoms with Gasteiger partial charge in [-0.2, -0.15) is 0 Å². The smallest absolute Gasteiger partial charge is 0.126 e. The van der Waals surface area contributed by atoms with Crippen LogP contribution in [0.2, 0.25) is 0 Å². The number of benzene rings is 1. The fraction of sp³-hybridized carbons (Fsp3) is 0.667. The molecule has 0 aromatic heterocycles. The lowest BCUT2D eigenvalue weighted by atomic mass is 9.70. The van der Waals surface area contributed by atoms with Crippen LogP contribution in [0.3, 0.4) is 0 Å². The summed E-state index contributed by atoms with van der Waals surface area (Å²) in [5, 5.41) is 3.32.